The molecule has 1 aromatic carbocycles. The van der Waals surface area contributed by atoms with Crippen molar-refractivity contribution < 1.29 is 18.0 Å². The van der Waals surface area contributed by atoms with Gasteiger partial charge in [0.2, 0.25) is 5.91 Å². The Bertz CT molecular complexity index is 652. The van der Waals surface area contributed by atoms with E-state index in [1.165, 1.54) is 5.56 Å². The summed E-state index contributed by atoms with van der Waals surface area (Å²) in [5.74, 6) is -2.84. The van der Waals surface area contributed by atoms with Crippen molar-refractivity contribution in [2.45, 2.75) is 44.3 Å². The number of piperazine rings is 1. The van der Waals surface area contributed by atoms with Crippen molar-refractivity contribution in [3.05, 3.63) is 35.9 Å². The minimum atomic E-state index is -4.29. The Morgan fingerprint density at radius 2 is 1.86 bits per heavy atom. The Kier molecular flexibility index (Phi) is 7.57. The Morgan fingerprint density at radius 3 is 2.59 bits per heavy atom. The lowest BCUT2D eigenvalue weighted by molar-refractivity contribution is -0.198. The van der Waals surface area contributed by atoms with E-state index in [4.69, 9.17) is 0 Å². The van der Waals surface area contributed by atoms with E-state index in [-0.39, 0.29) is 6.42 Å². The predicted octanol–water partition coefficient (Wildman–Crippen LogP) is 3.85. The molecular formula is C22H32F3N3O. The monoisotopic (exact) mass is 411 g/mol. The largest absolute Gasteiger partial charge is 0.392 e. The molecule has 29 heavy (non-hydrogen) atoms. The van der Waals surface area contributed by atoms with E-state index in [0.29, 0.717) is 31.8 Å². The first-order chi connectivity index (χ1) is 13.9. The summed E-state index contributed by atoms with van der Waals surface area (Å²) in [4.78, 5) is 17.1. The molecule has 3 rings (SSSR count). The number of benzene rings is 1. The van der Waals surface area contributed by atoms with Crippen LogP contribution in [0, 0.1) is 11.8 Å². The lowest BCUT2D eigenvalue weighted by Crippen LogP contribution is -2.47. The molecule has 3 atom stereocenters. The van der Waals surface area contributed by atoms with Crippen LogP contribution in [0.4, 0.5) is 13.2 Å². The second kappa shape index (κ2) is 9.94. The summed E-state index contributed by atoms with van der Waals surface area (Å²) in [6.45, 7) is 4.13. The molecule has 0 aromatic heterocycles. The highest BCUT2D eigenvalue weighted by atomic mass is 19.4. The van der Waals surface area contributed by atoms with Crippen LogP contribution in [0.15, 0.2) is 30.3 Å². The Morgan fingerprint density at radius 1 is 1.14 bits per heavy atom. The van der Waals surface area contributed by atoms with E-state index >= 15 is 0 Å². The SMILES string of the molecule is CN1CCN(CCCNC(=O)[C@@H]2CCCC[C@@H]2C(F)(F)F)[C@H](c2ccccc2)C1. The first kappa shape index (κ1) is 22.1. The molecule has 1 aliphatic heterocycles. The number of carbonyl (C=O) groups is 1. The molecule has 2 fully saturated rings. The lowest BCUT2D eigenvalue weighted by Gasteiger charge is -2.40. The van der Waals surface area contributed by atoms with Crippen LogP contribution in [0.5, 0.6) is 0 Å². The first-order valence-electron chi connectivity index (χ1n) is 10.7. The normalized spacial score (nSPS) is 27.0. The Labute approximate surface area is 171 Å². The van der Waals surface area contributed by atoms with Gasteiger partial charge in [-0.05, 0) is 31.9 Å². The maximum absolute atomic E-state index is 13.2. The van der Waals surface area contributed by atoms with Gasteiger partial charge in [0, 0.05) is 44.7 Å². The van der Waals surface area contributed by atoms with Crippen molar-refractivity contribution in [1.29, 1.82) is 0 Å². The van der Waals surface area contributed by atoms with Crippen LogP contribution in [0.25, 0.3) is 0 Å². The fraction of sp³-hybridized carbons (Fsp3) is 0.682. The summed E-state index contributed by atoms with van der Waals surface area (Å²) >= 11 is 0. The molecule has 0 unspecified atom stereocenters. The highest BCUT2D eigenvalue weighted by Crippen LogP contribution is 2.41. The van der Waals surface area contributed by atoms with Gasteiger partial charge in [-0.1, -0.05) is 43.2 Å². The quantitative estimate of drug-likeness (QED) is 0.723. The van der Waals surface area contributed by atoms with Crippen LogP contribution in [-0.2, 0) is 4.79 Å². The zero-order chi connectivity index (χ0) is 20.9. The standard InChI is InChI=1S/C22H32F3N3O/c1-27-14-15-28(20(16-27)17-8-3-2-4-9-17)13-7-12-26-21(29)18-10-5-6-11-19(18)22(23,24)25/h2-4,8-9,18-20H,5-7,10-16H2,1H3,(H,26,29)/t18-,19+,20+/m1/s1. The fourth-order valence-corrected chi connectivity index (χ4v) is 4.68. The topological polar surface area (TPSA) is 35.6 Å². The van der Waals surface area contributed by atoms with Gasteiger partial charge in [0.05, 0.1) is 5.92 Å². The average Bonchev–Trinajstić information content (AvgIpc) is 2.72. The van der Waals surface area contributed by atoms with E-state index in [1.54, 1.807) is 0 Å². The first-order valence-corrected chi connectivity index (χ1v) is 10.7. The van der Waals surface area contributed by atoms with Gasteiger partial charge >= 0.3 is 6.18 Å². The second-order valence-corrected chi connectivity index (χ2v) is 8.41. The number of likely N-dealkylation sites (N-methyl/N-ethyl adjacent to an activating group) is 1. The Hall–Kier alpha value is -1.60. The van der Waals surface area contributed by atoms with Crippen molar-refractivity contribution in [3.63, 3.8) is 0 Å². The van der Waals surface area contributed by atoms with Gasteiger partial charge in [-0.25, -0.2) is 0 Å². The maximum atomic E-state index is 13.2. The smallest absolute Gasteiger partial charge is 0.356 e. The van der Waals surface area contributed by atoms with Crippen molar-refractivity contribution in [1.82, 2.24) is 15.1 Å². The van der Waals surface area contributed by atoms with Gasteiger partial charge in [0.25, 0.3) is 0 Å². The van der Waals surface area contributed by atoms with E-state index < -0.39 is 23.9 Å². The third kappa shape index (κ3) is 5.95. The molecule has 2 aliphatic rings. The summed E-state index contributed by atoms with van der Waals surface area (Å²) in [7, 11) is 2.12. The number of rotatable bonds is 6. The van der Waals surface area contributed by atoms with Crippen molar-refractivity contribution in [3.8, 4) is 0 Å². The molecule has 1 amide bonds. The number of nitrogens with one attached hydrogen (secondary N) is 1. The summed E-state index contributed by atoms with van der Waals surface area (Å²) < 4.78 is 39.7. The minimum Gasteiger partial charge on any atom is -0.356 e. The zero-order valence-corrected chi connectivity index (χ0v) is 17.1. The molecule has 1 N–H and O–H groups in total. The van der Waals surface area contributed by atoms with E-state index in [0.717, 1.165) is 32.6 Å². The van der Waals surface area contributed by atoms with Gasteiger partial charge in [-0.15, -0.1) is 0 Å². The number of halogens is 3. The molecule has 4 nitrogen and oxygen atoms in total. The average molecular weight is 412 g/mol. The summed E-state index contributed by atoms with van der Waals surface area (Å²) in [5.41, 5.74) is 1.28. The molecule has 1 saturated heterocycles. The molecule has 0 radical (unpaired) electrons. The number of carbonyl (C=O) groups excluding carboxylic acids is 1. The summed E-state index contributed by atoms with van der Waals surface area (Å²) in [6, 6.07) is 10.7. The number of hydrogen-bond donors (Lipinski definition) is 1. The van der Waals surface area contributed by atoms with Crippen LogP contribution in [0.3, 0.4) is 0 Å². The number of alkyl halides is 3. The predicted molar refractivity (Wildman–Crippen MR) is 107 cm³/mol. The van der Waals surface area contributed by atoms with Gasteiger partial charge in [-0.2, -0.15) is 13.2 Å². The molecule has 1 aromatic rings. The molecule has 0 bridgehead atoms. The lowest BCUT2D eigenvalue weighted by atomic mass is 9.78. The number of nitrogens with zero attached hydrogens (tertiary/aromatic N) is 2. The Balaban J connectivity index is 1.49. The highest BCUT2D eigenvalue weighted by molar-refractivity contribution is 5.79. The van der Waals surface area contributed by atoms with E-state index in [9.17, 15) is 18.0 Å². The van der Waals surface area contributed by atoms with Crippen LogP contribution in [0.2, 0.25) is 0 Å². The maximum Gasteiger partial charge on any atom is 0.392 e. The van der Waals surface area contributed by atoms with Gasteiger partial charge in [0.1, 0.15) is 0 Å². The van der Waals surface area contributed by atoms with Crippen molar-refractivity contribution in [2.24, 2.45) is 11.8 Å². The zero-order valence-electron chi connectivity index (χ0n) is 17.1. The van der Waals surface area contributed by atoms with Crippen LogP contribution < -0.4 is 5.32 Å². The van der Waals surface area contributed by atoms with E-state index in [1.807, 2.05) is 18.2 Å². The molecule has 1 saturated carbocycles. The highest BCUT2D eigenvalue weighted by Gasteiger charge is 2.47. The van der Waals surface area contributed by atoms with Crippen molar-refractivity contribution in [2.75, 3.05) is 39.8 Å². The fourth-order valence-electron chi connectivity index (χ4n) is 4.68. The molecule has 162 valence electrons. The molecule has 1 heterocycles. The van der Waals surface area contributed by atoms with E-state index in [2.05, 4.69) is 34.3 Å². The van der Waals surface area contributed by atoms with Gasteiger partial charge in [0.15, 0.2) is 0 Å². The number of hydrogen-bond acceptors (Lipinski definition) is 3. The van der Waals surface area contributed by atoms with Crippen LogP contribution >= 0.6 is 0 Å². The summed E-state index contributed by atoms with van der Waals surface area (Å²) in [5, 5.41) is 2.78. The molecule has 7 heteroatoms. The van der Waals surface area contributed by atoms with Crippen LogP contribution in [-0.4, -0.2) is 61.7 Å². The molecule has 1 aliphatic carbocycles. The number of amides is 1. The molecule has 0 spiro atoms. The van der Waals surface area contributed by atoms with Crippen LogP contribution in [0.1, 0.15) is 43.7 Å². The van der Waals surface area contributed by atoms with Gasteiger partial charge in [-0.3, -0.25) is 9.69 Å². The summed E-state index contributed by atoms with van der Waals surface area (Å²) in [6.07, 6.45) is -1.89. The van der Waals surface area contributed by atoms with Crippen molar-refractivity contribution >= 4 is 5.91 Å². The third-order valence-corrected chi connectivity index (χ3v) is 6.32. The second-order valence-electron chi connectivity index (χ2n) is 8.41. The third-order valence-electron chi connectivity index (χ3n) is 6.32. The van der Waals surface area contributed by atoms with Gasteiger partial charge < -0.3 is 10.2 Å². The molecular weight excluding hydrogens is 379 g/mol. The minimum absolute atomic E-state index is 0.0711.